The summed E-state index contributed by atoms with van der Waals surface area (Å²) in [6.45, 7) is 3.69. The molecule has 2 aromatic rings. The molecule has 0 spiro atoms. The van der Waals surface area contributed by atoms with E-state index in [1.165, 1.54) is 0 Å². The van der Waals surface area contributed by atoms with Crippen LogP contribution in [0.3, 0.4) is 0 Å². The summed E-state index contributed by atoms with van der Waals surface area (Å²) in [7, 11) is 0. The first-order valence-electron chi connectivity index (χ1n) is 4.54. The highest BCUT2D eigenvalue weighted by Gasteiger charge is 1.99. The van der Waals surface area contributed by atoms with Gasteiger partial charge in [0.1, 0.15) is 5.75 Å². The lowest BCUT2D eigenvalue weighted by Gasteiger charge is -2.02. The molecule has 1 heteroatoms. The number of aromatic hydroxyl groups is 1. The van der Waals surface area contributed by atoms with E-state index in [0.717, 1.165) is 22.8 Å². The van der Waals surface area contributed by atoms with Crippen molar-refractivity contribution >= 4 is 10.8 Å². The molecule has 2 aromatic carbocycles. The van der Waals surface area contributed by atoms with E-state index < -0.39 is 0 Å². The smallest absolute Gasteiger partial charge is 0.131 e. The van der Waals surface area contributed by atoms with Gasteiger partial charge in [-0.25, -0.2) is 0 Å². The van der Waals surface area contributed by atoms with Crippen LogP contribution in [0.5, 0.6) is 5.75 Å². The van der Waals surface area contributed by atoms with Crippen molar-refractivity contribution in [3.63, 3.8) is 0 Å². The number of hydrogen-bond acceptors (Lipinski definition) is 1. The fraction of sp³-hybridized carbons (Fsp3) is 0.0769. The first kappa shape index (κ1) is 8.82. The normalized spacial score (nSPS) is 10.3. The SMILES string of the molecule is C=CCc1ccc2cc[c]c(O)c2c1. The molecule has 0 bridgehead atoms. The van der Waals surface area contributed by atoms with Crippen molar-refractivity contribution in [2.24, 2.45) is 0 Å². The second-order valence-corrected chi connectivity index (χ2v) is 3.24. The Kier molecular flexibility index (Phi) is 2.23. The lowest BCUT2D eigenvalue weighted by atomic mass is 10.0. The summed E-state index contributed by atoms with van der Waals surface area (Å²) in [4.78, 5) is 0. The molecule has 0 atom stereocenters. The quantitative estimate of drug-likeness (QED) is 0.709. The van der Waals surface area contributed by atoms with Crippen LogP contribution in [0.2, 0.25) is 0 Å². The van der Waals surface area contributed by atoms with Crippen LogP contribution < -0.4 is 0 Å². The van der Waals surface area contributed by atoms with Crippen LogP contribution in [-0.2, 0) is 6.42 Å². The third kappa shape index (κ3) is 1.49. The van der Waals surface area contributed by atoms with Gasteiger partial charge in [-0.05, 0) is 29.5 Å². The first-order valence-corrected chi connectivity index (χ1v) is 4.54. The minimum absolute atomic E-state index is 0.216. The van der Waals surface area contributed by atoms with Crippen LogP contribution in [-0.4, -0.2) is 5.11 Å². The second kappa shape index (κ2) is 3.54. The minimum Gasteiger partial charge on any atom is -0.507 e. The van der Waals surface area contributed by atoms with Crippen LogP contribution in [0.25, 0.3) is 10.8 Å². The molecule has 0 saturated heterocycles. The zero-order valence-electron chi connectivity index (χ0n) is 7.83. The molecular weight excluding hydrogens is 172 g/mol. The molecule has 0 heterocycles. The van der Waals surface area contributed by atoms with Gasteiger partial charge in [-0.1, -0.05) is 24.3 Å². The zero-order chi connectivity index (χ0) is 9.97. The standard InChI is InChI=1S/C13H11O/c1-2-4-10-7-8-11-5-3-6-13(14)12(11)9-10/h2-3,5,7-9,14H,1,4H2. The number of rotatable bonds is 2. The van der Waals surface area contributed by atoms with Crippen LogP contribution in [0, 0.1) is 6.07 Å². The molecule has 0 amide bonds. The molecule has 0 aliphatic heterocycles. The van der Waals surface area contributed by atoms with Gasteiger partial charge < -0.3 is 5.11 Å². The maximum absolute atomic E-state index is 9.58. The van der Waals surface area contributed by atoms with Crippen molar-refractivity contribution in [2.45, 2.75) is 6.42 Å². The van der Waals surface area contributed by atoms with E-state index in [1.807, 2.05) is 30.3 Å². The van der Waals surface area contributed by atoms with Crippen molar-refractivity contribution in [1.82, 2.24) is 0 Å². The fourth-order valence-corrected chi connectivity index (χ4v) is 1.54. The predicted molar refractivity (Wildman–Crippen MR) is 58.3 cm³/mol. The monoisotopic (exact) mass is 183 g/mol. The minimum atomic E-state index is 0.216. The van der Waals surface area contributed by atoms with Crippen LogP contribution in [0.15, 0.2) is 43.0 Å². The Hall–Kier alpha value is -1.76. The molecule has 0 aliphatic rings. The largest absolute Gasteiger partial charge is 0.507 e. The Bertz CT molecular complexity index is 472. The number of allylic oxidation sites excluding steroid dienone is 1. The molecule has 1 radical (unpaired) electrons. The first-order chi connectivity index (χ1) is 6.81. The highest BCUT2D eigenvalue weighted by atomic mass is 16.3. The Morgan fingerprint density at radius 3 is 3.00 bits per heavy atom. The predicted octanol–water partition coefficient (Wildman–Crippen LogP) is 3.07. The van der Waals surface area contributed by atoms with Crippen LogP contribution in [0.4, 0.5) is 0 Å². The van der Waals surface area contributed by atoms with E-state index >= 15 is 0 Å². The number of phenols is 1. The lowest BCUT2D eigenvalue weighted by Crippen LogP contribution is -1.81. The van der Waals surface area contributed by atoms with Gasteiger partial charge in [0.05, 0.1) is 0 Å². The van der Waals surface area contributed by atoms with E-state index in [2.05, 4.69) is 12.6 Å². The van der Waals surface area contributed by atoms with Crippen molar-refractivity contribution in [3.05, 3.63) is 54.6 Å². The molecule has 2 rings (SSSR count). The maximum atomic E-state index is 9.58. The molecule has 0 saturated carbocycles. The van der Waals surface area contributed by atoms with Gasteiger partial charge in [0.25, 0.3) is 0 Å². The van der Waals surface area contributed by atoms with Crippen molar-refractivity contribution in [1.29, 1.82) is 0 Å². The van der Waals surface area contributed by atoms with Gasteiger partial charge in [-0.3, -0.25) is 0 Å². The van der Waals surface area contributed by atoms with Crippen LogP contribution >= 0.6 is 0 Å². The molecule has 69 valence electrons. The summed E-state index contributed by atoms with van der Waals surface area (Å²) < 4.78 is 0. The maximum Gasteiger partial charge on any atom is 0.131 e. The summed E-state index contributed by atoms with van der Waals surface area (Å²) in [5, 5.41) is 11.5. The third-order valence-corrected chi connectivity index (χ3v) is 2.24. The zero-order valence-corrected chi connectivity index (χ0v) is 7.83. The van der Waals surface area contributed by atoms with Crippen molar-refractivity contribution in [2.75, 3.05) is 0 Å². The Morgan fingerprint density at radius 1 is 1.36 bits per heavy atom. The Morgan fingerprint density at radius 2 is 2.21 bits per heavy atom. The van der Waals surface area contributed by atoms with Gasteiger partial charge in [-0.2, -0.15) is 0 Å². The second-order valence-electron chi connectivity index (χ2n) is 3.24. The van der Waals surface area contributed by atoms with Gasteiger partial charge in [0.2, 0.25) is 0 Å². The van der Waals surface area contributed by atoms with E-state index in [1.54, 1.807) is 6.07 Å². The summed E-state index contributed by atoms with van der Waals surface area (Å²) in [6, 6.07) is 12.5. The van der Waals surface area contributed by atoms with Gasteiger partial charge in [0.15, 0.2) is 0 Å². The van der Waals surface area contributed by atoms with Crippen molar-refractivity contribution in [3.8, 4) is 5.75 Å². The highest BCUT2D eigenvalue weighted by molar-refractivity contribution is 5.88. The van der Waals surface area contributed by atoms with E-state index in [-0.39, 0.29) is 5.75 Å². The average Bonchev–Trinajstić information content (AvgIpc) is 2.20. The molecule has 0 aliphatic carbocycles. The van der Waals surface area contributed by atoms with Gasteiger partial charge in [-0.15, -0.1) is 6.58 Å². The fourth-order valence-electron chi connectivity index (χ4n) is 1.54. The number of phenolic OH excluding ortho intramolecular Hbond substituents is 1. The lowest BCUT2D eigenvalue weighted by molar-refractivity contribution is 0.480. The third-order valence-electron chi connectivity index (χ3n) is 2.24. The molecule has 1 N–H and O–H groups in total. The molecular formula is C13H11O. The molecule has 1 nitrogen and oxygen atoms in total. The molecule has 14 heavy (non-hydrogen) atoms. The van der Waals surface area contributed by atoms with Gasteiger partial charge in [0, 0.05) is 11.5 Å². The Balaban J connectivity index is 2.63. The summed E-state index contributed by atoms with van der Waals surface area (Å²) >= 11 is 0. The molecule has 0 unspecified atom stereocenters. The van der Waals surface area contributed by atoms with Crippen molar-refractivity contribution < 1.29 is 5.11 Å². The van der Waals surface area contributed by atoms with E-state index in [4.69, 9.17) is 0 Å². The number of hydrogen-bond donors (Lipinski definition) is 1. The van der Waals surface area contributed by atoms with Crippen LogP contribution in [0.1, 0.15) is 5.56 Å². The average molecular weight is 183 g/mol. The van der Waals surface area contributed by atoms with Gasteiger partial charge >= 0.3 is 0 Å². The summed E-state index contributed by atoms with van der Waals surface area (Å²) in [5.74, 6) is 0.216. The number of fused-ring (bicyclic) bond motifs is 1. The summed E-state index contributed by atoms with van der Waals surface area (Å²) in [5.41, 5.74) is 1.16. The number of benzene rings is 2. The summed E-state index contributed by atoms with van der Waals surface area (Å²) in [6.07, 6.45) is 2.68. The Labute approximate surface area is 83.3 Å². The highest BCUT2D eigenvalue weighted by Crippen LogP contribution is 2.24. The molecule has 0 fully saturated rings. The topological polar surface area (TPSA) is 20.2 Å². The molecule has 0 aromatic heterocycles. The van der Waals surface area contributed by atoms with E-state index in [9.17, 15) is 5.11 Å². The van der Waals surface area contributed by atoms with E-state index in [0.29, 0.717) is 0 Å².